The molecule has 2 heterocycles. The summed E-state index contributed by atoms with van der Waals surface area (Å²) in [5.74, 6) is 0. The maximum Gasteiger partial charge on any atom is 0.410 e. The van der Waals surface area contributed by atoms with Crippen LogP contribution in [0.5, 0.6) is 0 Å². The second-order valence-corrected chi connectivity index (χ2v) is 6.00. The molecule has 0 aliphatic carbocycles. The lowest BCUT2D eigenvalue weighted by Crippen LogP contribution is -2.72. The van der Waals surface area contributed by atoms with E-state index in [4.69, 9.17) is 4.74 Å². The number of benzene rings is 1. The highest BCUT2D eigenvalue weighted by molar-refractivity contribution is 5.69. The van der Waals surface area contributed by atoms with Crippen molar-refractivity contribution in [3.8, 4) is 0 Å². The molecule has 0 radical (unpaired) electrons. The zero-order chi connectivity index (χ0) is 14.7. The number of aliphatic hydroxyl groups is 1. The third-order valence-corrected chi connectivity index (χ3v) is 4.35. The molecule has 2 saturated heterocycles. The fourth-order valence-electron chi connectivity index (χ4n) is 3.09. The van der Waals surface area contributed by atoms with E-state index in [1.165, 1.54) is 0 Å². The van der Waals surface area contributed by atoms with Gasteiger partial charge in [-0.3, -0.25) is 0 Å². The molecule has 3 rings (SSSR count). The van der Waals surface area contributed by atoms with Crippen LogP contribution in [0.15, 0.2) is 30.3 Å². The Morgan fingerprint density at radius 2 is 2.10 bits per heavy atom. The lowest BCUT2D eigenvalue weighted by Gasteiger charge is -2.50. The molecule has 2 aliphatic rings. The van der Waals surface area contributed by atoms with Crippen molar-refractivity contribution in [3.63, 3.8) is 0 Å². The number of amides is 1. The summed E-state index contributed by atoms with van der Waals surface area (Å²) >= 11 is 0. The number of likely N-dealkylation sites (tertiary alicyclic amines) is 1. The van der Waals surface area contributed by atoms with Crippen LogP contribution < -0.4 is 5.32 Å². The SMILES string of the molecule is O=C(OCc1ccccc1)N1CC(O)([C@@H]2CCCCN2)C1. The van der Waals surface area contributed by atoms with Crippen molar-refractivity contribution in [3.05, 3.63) is 35.9 Å². The zero-order valence-electron chi connectivity index (χ0n) is 12.1. The number of hydrogen-bond donors (Lipinski definition) is 2. The third kappa shape index (κ3) is 3.19. The van der Waals surface area contributed by atoms with Crippen molar-refractivity contribution in [2.45, 2.75) is 37.5 Å². The average Bonchev–Trinajstić information content (AvgIpc) is 2.51. The molecule has 0 spiro atoms. The number of carbonyl (C=O) groups excluding carboxylic acids is 1. The highest BCUT2D eigenvalue weighted by atomic mass is 16.6. The first-order valence-electron chi connectivity index (χ1n) is 7.59. The maximum atomic E-state index is 11.9. The van der Waals surface area contributed by atoms with Gasteiger partial charge in [-0.05, 0) is 24.9 Å². The van der Waals surface area contributed by atoms with Gasteiger partial charge in [-0.25, -0.2) is 4.79 Å². The monoisotopic (exact) mass is 290 g/mol. The van der Waals surface area contributed by atoms with E-state index >= 15 is 0 Å². The van der Waals surface area contributed by atoms with Gasteiger partial charge in [0.05, 0.1) is 13.1 Å². The van der Waals surface area contributed by atoms with E-state index in [1.807, 2.05) is 30.3 Å². The van der Waals surface area contributed by atoms with Crippen molar-refractivity contribution in [1.82, 2.24) is 10.2 Å². The van der Waals surface area contributed by atoms with Gasteiger partial charge in [0.2, 0.25) is 0 Å². The van der Waals surface area contributed by atoms with Crippen LogP contribution in [0.25, 0.3) is 0 Å². The van der Waals surface area contributed by atoms with E-state index in [9.17, 15) is 9.90 Å². The molecular weight excluding hydrogens is 268 g/mol. The smallest absolute Gasteiger partial charge is 0.410 e. The molecule has 2 aliphatic heterocycles. The number of nitrogens with zero attached hydrogens (tertiary/aromatic N) is 1. The van der Waals surface area contributed by atoms with Gasteiger partial charge in [0.25, 0.3) is 0 Å². The minimum Gasteiger partial charge on any atom is -0.445 e. The zero-order valence-corrected chi connectivity index (χ0v) is 12.1. The van der Waals surface area contributed by atoms with E-state index in [0.29, 0.717) is 13.1 Å². The van der Waals surface area contributed by atoms with Crippen LogP contribution in [-0.2, 0) is 11.3 Å². The Balaban J connectivity index is 1.45. The number of rotatable bonds is 3. The van der Waals surface area contributed by atoms with Crippen LogP contribution in [0.3, 0.4) is 0 Å². The summed E-state index contributed by atoms with van der Waals surface area (Å²) in [6.45, 7) is 1.94. The number of piperidine rings is 1. The predicted octanol–water partition coefficient (Wildman–Crippen LogP) is 1.51. The standard InChI is InChI=1S/C16H22N2O3/c19-15(21-10-13-6-2-1-3-7-13)18-11-16(20,12-18)14-8-4-5-9-17-14/h1-3,6-7,14,17,20H,4-5,8-12H2/t14-/m0/s1. The number of ether oxygens (including phenoxy) is 1. The molecule has 5 heteroatoms. The summed E-state index contributed by atoms with van der Waals surface area (Å²) in [6.07, 6.45) is 2.93. The molecule has 1 aromatic carbocycles. The molecule has 1 aromatic rings. The second-order valence-electron chi connectivity index (χ2n) is 6.00. The molecule has 0 aromatic heterocycles. The first-order chi connectivity index (χ1) is 10.2. The summed E-state index contributed by atoms with van der Waals surface area (Å²) in [5, 5.41) is 13.9. The Morgan fingerprint density at radius 3 is 2.76 bits per heavy atom. The molecule has 114 valence electrons. The van der Waals surface area contributed by atoms with E-state index in [2.05, 4.69) is 5.32 Å². The van der Waals surface area contributed by atoms with Gasteiger partial charge in [-0.1, -0.05) is 36.8 Å². The molecule has 1 amide bonds. The van der Waals surface area contributed by atoms with Gasteiger partial charge in [0.15, 0.2) is 0 Å². The summed E-state index contributed by atoms with van der Waals surface area (Å²) in [5.41, 5.74) is 0.183. The van der Waals surface area contributed by atoms with Crippen molar-refractivity contribution in [2.24, 2.45) is 0 Å². The minimum absolute atomic E-state index is 0.101. The molecular formula is C16H22N2O3. The first-order valence-corrected chi connectivity index (χ1v) is 7.59. The summed E-state index contributed by atoms with van der Waals surface area (Å²) in [7, 11) is 0. The second kappa shape index (κ2) is 6.03. The third-order valence-electron chi connectivity index (χ3n) is 4.35. The normalized spacial score (nSPS) is 24.2. The summed E-state index contributed by atoms with van der Waals surface area (Å²) in [6, 6.07) is 9.71. The van der Waals surface area contributed by atoms with Crippen molar-refractivity contribution in [1.29, 1.82) is 0 Å². The van der Waals surface area contributed by atoms with Crippen molar-refractivity contribution < 1.29 is 14.6 Å². The molecule has 21 heavy (non-hydrogen) atoms. The lowest BCUT2D eigenvalue weighted by molar-refractivity contribution is -0.115. The Morgan fingerprint density at radius 1 is 1.33 bits per heavy atom. The Labute approximate surface area is 124 Å². The first kappa shape index (κ1) is 14.4. The van der Waals surface area contributed by atoms with Crippen LogP contribution in [0.4, 0.5) is 4.79 Å². The van der Waals surface area contributed by atoms with Gasteiger partial charge in [0, 0.05) is 6.04 Å². The average molecular weight is 290 g/mol. The van der Waals surface area contributed by atoms with Crippen LogP contribution in [0, 0.1) is 0 Å². The van der Waals surface area contributed by atoms with Crippen LogP contribution in [0.1, 0.15) is 24.8 Å². The molecule has 5 nitrogen and oxygen atoms in total. The number of β-amino-alcohol motifs (C(OH)–C–C–N with tert-alkyl or cyclic N) is 1. The highest BCUT2D eigenvalue weighted by Crippen LogP contribution is 2.29. The lowest BCUT2D eigenvalue weighted by atomic mass is 9.82. The van der Waals surface area contributed by atoms with E-state index in [-0.39, 0.29) is 18.7 Å². The Hall–Kier alpha value is -1.59. The fraction of sp³-hybridized carbons (Fsp3) is 0.562. The quantitative estimate of drug-likeness (QED) is 0.886. The Kier molecular flexibility index (Phi) is 4.12. The summed E-state index contributed by atoms with van der Waals surface area (Å²) in [4.78, 5) is 13.5. The predicted molar refractivity (Wildman–Crippen MR) is 78.8 cm³/mol. The van der Waals surface area contributed by atoms with E-state index in [1.54, 1.807) is 4.90 Å². The van der Waals surface area contributed by atoms with Crippen molar-refractivity contribution >= 4 is 6.09 Å². The van der Waals surface area contributed by atoms with Gasteiger partial charge < -0.3 is 20.1 Å². The van der Waals surface area contributed by atoms with Gasteiger partial charge in [-0.15, -0.1) is 0 Å². The molecule has 2 fully saturated rings. The highest BCUT2D eigenvalue weighted by Gasteiger charge is 2.49. The molecule has 2 N–H and O–H groups in total. The molecule has 0 unspecified atom stereocenters. The van der Waals surface area contributed by atoms with Crippen molar-refractivity contribution in [2.75, 3.05) is 19.6 Å². The van der Waals surface area contributed by atoms with Crippen LogP contribution in [-0.4, -0.2) is 47.4 Å². The van der Waals surface area contributed by atoms with Gasteiger partial charge >= 0.3 is 6.09 Å². The number of carbonyl (C=O) groups is 1. The van der Waals surface area contributed by atoms with Crippen LogP contribution >= 0.6 is 0 Å². The maximum absolute atomic E-state index is 11.9. The number of hydrogen-bond acceptors (Lipinski definition) is 4. The fourth-order valence-corrected chi connectivity index (χ4v) is 3.09. The van der Waals surface area contributed by atoms with E-state index < -0.39 is 5.60 Å². The topological polar surface area (TPSA) is 61.8 Å². The largest absolute Gasteiger partial charge is 0.445 e. The van der Waals surface area contributed by atoms with E-state index in [0.717, 1.165) is 31.4 Å². The molecule has 0 saturated carbocycles. The number of nitrogens with one attached hydrogen (secondary N) is 1. The minimum atomic E-state index is -0.786. The van der Waals surface area contributed by atoms with Gasteiger partial charge in [-0.2, -0.15) is 0 Å². The van der Waals surface area contributed by atoms with Gasteiger partial charge in [0.1, 0.15) is 12.2 Å². The Bertz CT molecular complexity index is 480. The molecule has 1 atom stereocenters. The van der Waals surface area contributed by atoms with Crippen LogP contribution in [0.2, 0.25) is 0 Å². The molecule has 0 bridgehead atoms. The summed E-state index contributed by atoms with van der Waals surface area (Å²) < 4.78 is 5.27.